The number of aromatic amines is 1. The van der Waals surface area contributed by atoms with E-state index in [1.165, 1.54) is 18.4 Å². The minimum atomic E-state index is 0.0821. The zero-order valence-corrected chi connectivity index (χ0v) is 12.4. The molecule has 1 amide bonds. The number of fused-ring (bicyclic) bond motifs is 1. The zero-order valence-electron chi connectivity index (χ0n) is 12.4. The Bertz CT molecular complexity index is 678. The number of carbonyl (C=O) groups is 1. The molecule has 0 unspecified atom stereocenters. The van der Waals surface area contributed by atoms with E-state index in [1.54, 1.807) is 18.7 Å². The van der Waals surface area contributed by atoms with Gasteiger partial charge >= 0.3 is 0 Å². The number of hydrogen-bond donors (Lipinski definition) is 2. The lowest BCUT2D eigenvalue weighted by Gasteiger charge is -2.19. The molecule has 1 fully saturated rings. The fourth-order valence-electron chi connectivity index (χ4n) is 2.91. The number of aromatic nitrogens is 3. The highest BCUT2D eigenvalue weighted by Crippen LogP contribution is 2.27. The molecule has 114 valence electrons. The Morgan fingerprint density at radius 1 is 1.27 bits per heavy atom. The van der Waals surface area contributed by atoms with Crippen LogP contribution in [0.2, 0.25) is 0 Å². The van der Waals surface area contributed by atoms with Crippen molar-refractivity contribution >= 4 is 11.7 Å². The number of rotatable bonds is 3. The van der Waals surface area contributed by atoms with Crippen LogP contribution < -0.4 is 5.32 Å². The van der Waals surface area contributed by atoms with Gasteiger partial charge in [-0.1, -0.05) is 0 Å². The maximum absolute atomic E-state index is 12.5. The van der Waals surface area contributed by atoms with Crippen molar-refractivity contribution in [2.75, 3.05) is 18.4 Å². The van der Waals surface area contributed by atoms with E-state index in [4.69, 9.17) is 0 Å². The summed E-state index contributed by atoms with van der Waals surface area (Å²) in [4.78, 5) is 26.2. The van der Waals surface area contributed by atoms with Crippen LogP contribution in [0, 0.1) is 0 Å². The molecule has 2 N–H and O–H groups in total. The molecular formula is C16H19N5O. The van der Waals surface area contributed by atoms with Crippen LogP contribution in [0.25, 0.3) is 0 Å². The summed E-state index contributed by atoms with van der Waals surface area (Å²) in [7, 11) is 0. The summed E-state index contributed by atoms with van der Waals surface area (Å²) in [6.07, 6.45) is 9.19. The Hall–Kier alpha value is -2.37. The first-order valence-electron chi connectivity index (χ1n) is 7.82. The molecule has 6 heteroatoms. The first kappa shape index (κ1) is 13.3. The van der Waals surface area contributed by atoms with Crippen molar-refractivity contribution in [1.82, 2.24) is 19.9 Å². The quantitative estimate of drug-likeness (QED) is 0.903. The smallest absolute Gasteiger partial charge is 0.255 e. The van der Waals surface area contributed by atoms with Crippen molar-refractivity contribution in [1.29, 1.82) is 0 Å². The molecule has 0 aromatic carbocycles. The molecule has 0 radical (unpaired) electrons. The first-order valence-corrected chi connectivity index (χ1v) is 7.82. The van der Waals surface area contributed by atoms with Gasteiger partial charge in [-0.05, 0) is 25.3 Å². The van der Waals surface area contributed by atoms with Crippen LogP contribution in [-0.2, 0) is 12.8 Å². The molecule has 22 heavy (non-hydrogen) atoms. The number of nitrogens with zero attached hydrogens (tertiary/aromatic N) is 3. The summed E-state index contributed by atoms with van der Waals surface area (Å²) in [6, 6.07) is 2.39. The molecule has 0 spiro atoms. The fourth-order valence-corrected chi connectivity index (χ4v) is 2.91. The van der Waals surface area contributed by atoms with E-state index in [0.29, 0.717) is 24.7 Å². The van der Waals surface area contributed by atoms with Crippen molar-refractivity contribution < 1.29 is 4.79 Å². The SMILES string of the molecule is O=C(c1cc[nH]c1)N1CCc2ncnc(NC3CC3)c2CC1. The molecule has 4 rings (SSSR count). The summed E-state index contributed by atoms with van der Waals surface area (Å²) in [5.74, 6) is 1.04. The van der Waals surface area contributed by atoms with Gasteiger partial charge in [0.05, 0.1) is 11.3 Å². The molecule has 1 saturated carbocycles. The van der Waals surface area contributed by atoms with Crippen LogP contribution in [0.1, 0.15) is 34.5 Å². The largest absolute Gasteiger partial charge is 0.367 e. The number of anilines is 1. The van der Waals surface area contributed by atoms with Crippen molar-refractivity contribution in [2.45, 2.75) is 31.7 Å². The van der Waals surface area contributed by atoms with Crippen molar-refractivity contribution in [3.63, 3.8) is 0 Å². The maximum Gasteiger partial charge on any atom is 0.255 e. The van der Waals surface area contributed by atoms with Crippen LogP contribution in [-0.4, -0.2) is 44.9 Å². The predicted molar refractivity (Wildman–Crippen MR) is 82.8 cm³/mol. The number of amides is 1. The van der Waals surface area contributed by atoms with Gasteiger partial charge in [0.15, 0.2) is 0 Å². The molecule has 2 aromatic heterocycles. The topological polar surface area (TPSA) is 73.9 Å². The summed E-state index contributed by atoms with van der Waals surface area (Å²) in [5.41, 5.74) is 2.97. The highest BCUT2D eigenvalue weighted by atomic mass is 16.2. The summed E-state index contributed by atoms with van der Waals surface area (Å²) in [6.45, 7) is 1.42. The van der Waals surface area contributed by atoms with Crippen LogP contribution in [0.3, 0.4) is 0 Å². The predicted octanol–water partition coefficient (Wildman–Crippen LogP) is 1.62. The van der Waals surface area contributed by atoms with Gasteiger partial charge in [-0.25, -0.2) is 9.97 Å². The summed E-state index contributed by atoms with van der Waals surface area (Å²) >= 11 is 0. The van der Waals surface area contributed by atoms with Gasteiger partial charge in [0, 0.05) is 43.5 Å². The molecule has 6 nitrogen and oxygen atoms in total. The molecule has 0 atom stereocenters. The lowest BCUT2D eigenvalue weighted by Crippen LogP contribution is -2.33. The minimum absolute atomic E-state index is 0.0821. The fraction of sp³-hybridized carbons (Fsp3) is 0.438. The molecular weight excluding hydrogens is 278 g/mol. The molecule has 2 aromatic rings. The Labute approximate surface area is 129 Å². The van der Waals surface area contributed by atoms with Crippen LogP contribution in [0.4, 0.5) is 5.82 Å². The van der Waals surface area contributed by atoms with E-state index in [1.807, 2.05) is 11.0 Å². The van der Waals surface area contributed by atoms with E-state index in [9.17, 15) is 4.79 Å². The van der Waals surface area contributed by atoms with E-state index < -0.39 is 0 Å². The van der Waals surface area contributed by atoms with Gasteiger partial charge in [0.2, 0.25) is 0 Å². The average molecular weight is 297 g/mol. The Kier molecular flexibility index (Phi) is 3.29. The zero-order chi connectivity index (χ0) is 14.9. The van der Waals surface area contributed by atoms with Gasteiger partial charge < -0.3 is 15.2 Å². The monoisotopic (exact) mass is 297 g/mol. The van der Waals surface area contributed by atoms with E-state index in [-0.39, 0.29) is 5.91 Å². The molecule has 2 aliphatic rings. The molecule has 3 heterocycles. The van der Waals surface area contributed by atoms with Crippen LogP contribution >= 0.6 is 0 Å². The lowest BCUT2D eigenvalue weighted by molar-refractivity contribution is 0.0763. The Balaban J connectivity index is 1.53. The second-order valence-electron chi connectivity index (χ2n) is 5.96. The third-order valence-corrected chi connectivity index (χ3v) is 4.34. The molecule has 1 aliphatic carbocycles. The third kappa shape index (κ3) is 2.56. The van der Waals surface area contributed by atoms with E-state index in [2.05, 4.69) is 20.3 Å². The highest BCUT2D eigenvalue weighted by Gasteiger charge is 2.26. The summed E-state index contributed by atoms with van der Waals surface area (Å²) in [5, 5.41) is 3.48. The van der Waals surface area contributed by atoms with E-state index >= 15 is 0 Å². The highest BCUT2D eigenvalue weighted by molar-refractivity contribution is 5.94. The molecule has 0 bridgehead atoms. The number of H-pyrrole nitrogens is 1. The van der Waals surface area contributed by atoms with Crippen molar-refractivity contribution in [3.05, 3.63) is 41.6 Å². The number of hydrogen-bond acceptors (Lipinski definition) is 4. The average Bonchev–Trinajstić information content (AvgIpc) is 3.23. The van der Waals surface area contributed by atoms with Gasteiger partial charge in [0.25, 0.3) is 5.91 Å². The first-order chi connectivity index (χ1) is 10.8. The second kappa shape index (κ2) is 5.44. The van der Waals surface area contributed by atoms with Gasteiger partial charge in [-0.15, -0.1) is 0 Å². The van der Waals surface area contributed by atoms with Crippen molar-refractivity contribution in [3.8, 4) is 0 Å². The number of nitrogens with one attached hydrogen (secondary N) is 2. The second-order valence-corrected chi connectivity index (χ2v) is 5.96. The third-order valence-electron chi connectivity index (χ3n) is 4.34. The number of carbonyl (C=O) groups excluding carboxylic acids is 1. The van der Waals surface area contributed by atoms with Gasteiger partial charge in [-0.2, -0.15) is 0 Å². The normalized spacial score (nSPS) is 17.7. The summed E-state index contributed by atoms with van der Waals surface area (Å²) < 4.78 is 0. The minimum Gasteiger partial charge on any atom is -0.367 e. The van der Waals surface area contributed by atoms with Gasteiger partial charge in [-0.3, -0.25) is 4.79 Å². The molecule has 0 saturated heterocycles. The lowest BCUT2D eigenvalue weighted by atomic mass is 10.1. The van der Waals surface area contributed by atoms with Gasteiger partial charge in [0.1, 0.15) is 12.1 Å². The molecule has 1 aliphatic heterocycles. The Morgan fingerprint density at radius 3 is 2.91 bits per heavy atom. The van der Waals surface area contributed by atoms with Crippen molar-refractivity contribution in [2.24, 2.45) is 0 Å². The maximum atomic E-state index is 12.5. The standard InChI is InChI=1S/C16H19N5O/c22-16(11-3-6-17-9-11)21-7-4-13-14(5-8-21)18-10-19-15(13)20-12-1-2-12/h3,6,9-10,12,17H,1-2,4-5,7-8H2,(H,18,19,20). The Morgan fingerprint density at radius 2 is 2.14 bits per heavy atom. The van der Waals surface area contributed by atoms with Crippen LogP contribution in [0.5, 0.6) is 0 Å². The van der Waals surface area contributed by atoms with E-state index in [0.717, 1.165) is 24.4 Å². The van der Waals surface area contributed by atoms with Crippen LogP contribution in [0.15, 0.2) is 24.8 Å².